The predicted octanol–water partition coefficient (Wildman–Crippen LogP) is 2.23. The van der Waals surface area contributed by atoms with Crippen molar-refractivity contribution in [1.82, 2.24) is 4.90 Å². The van der Waals surface area contributed by atoms with Crippen LogP contribution in [0.25, 0.3) is 0 Å². The summed E-state index contributed by atoms with van der Waals surface area (Å²) >= 11 is 0. The van der Waals surface area contributed by atoms with Crippen molar-refractivity contribution in [2.75, 3.05) is 6.54 Å². The molecule has 0 spiro atoms. The number of hydrogen-bond acceptors (Lipinski definition) is 2. The van der Waals surface area contributed by atoms with E-state index in [0.717, 1.165) is 18.4 Å². The number of nitrogens with zero attached hydrogens (tertiary/aromatic N) is 1. The van der Waals surface area contributed by atoms with Gasteiger partial charge < -0.3 is 5.73 Å². The number of piperidine rings is 1. The zero-order valence-corrected chi connectivity index (χ0v) is 10.2. The van der Waals surface area contributed by atoms with E-state index in [4.69, 9.17) is 5.73 Å². The summed E-state index contributed by atoms with van der Waals surface area (Å²) in [6.07, 6.45) is 3.80. The molecule has 4 atom stereocenters. The molecule has 0 amide bonds. The Morgan fingerprint density at radius 3 is 2.57 bits per heavy atom. The summed E-state index contributed by atoms with van der Waals surface area (Å²) in [4.78, 5) is 2.60. The third-order valence-corrected chi connectivity index (χ3v) is 3.78. The van der Waals surface area contributed by atoms with Crippen LogP contribution in [-0.4, -0.2) is 29.6 Å². The highest BCUT2D eigenvalue weighted by atomic mass is 15.2. The second-order valence-electron chi connectivity index (χ2n) is 5.04. The highest BCUT2D eigenvalue weighted by Gasteiger charge is 2.28. The lowest BCUT2D eigenvalue weighted by Crippen LogP contribution is -2.52. The smallest absolute Gasteiger partial charge is 0.0221 e. The Morgan fingerprint density at radius 1 is 1.36 bits per heavy atom. The van der Waals surface area contributed by atoms with Gasteiger partial charge in [-0.2, -0.15) is 0 Å². The van der Waals surface area contributed by atoms with E-state index >= 15 is 0 Å². The average Bonchev–Trinajstić information content (AvgIpc) is 2.19. The summed E-state index contributed by atoms with van der Waals surface area (Å²) in [5, 5.41) is 0. The maximum Gasteiger partial charge on any atom is 0.0221 e. The van der Waals surface area contributed by atoms with E-state index < -0.39 is 0 Å². The first kappa shape index (κ1) is 12.0. The first-order valence-electron chi connectivity index (χ1n) is 6.07. The van der Waals surface area contributed by atoms with Crippen molar-refractivity contribution in [3.8, 4) is 0 Å². The molecule has 0 aromatic carbocycles. The molecule has 2 N–H and O–H groups in total. The average molecular weight is 198 g/mol. The van der Waals surface area contributed by atoms with E-state index in [-0.39, 0.29) is 0 Å². The molecule has 2 heteroatoms. The predicted molar refractivity (Wildman–Crippen MR) is 62.3 cm³/mol. The molecule has 2 nitrogen and oxygen atoms in total. The summed E-state index contributed by atoms with van der Waals surface area (Å²) in [7, 11) is 0. The Balaban J connectivity index is 2.55. The van der Waals surface area contributed by atoms with Crippen LogP contribution in [0.4, 0.5) is 0 Å². The monoisotopic (exact) mass is 198 g/mol. The fourth-order valence-corrected chi connectivity index (χ4v) is 2.48. The zero-order chi connectivity index (χ0) is 10.7. The first-order valence-corrected chi connectivity index (χ1v) is 6.07. The SMILES string of the molecule is CCC(N)C(C)N1CC(C)CCC1C. The van der Waals surface area contributed by atoms with Crippen molar-refractivity contribution in [2.45, 2.75) is 65.1 Å². The normalized spacial score (nSPS) is 34.1. The van der Waals surface area contributed by atoms with Crippen LogP contribution in [0.15, 0.2) is 0 Å². The minimum absolute atomic E-state index is 0.336. The molecule has 0 aromatic rings. The fourth-order valence-electron chi connectivity index (χ4n) is 2.48. The van der Waals surface area contributed by atoms with Crippen molar-refractivity contribution in [2.24, 2.45) is 11.7 Å². The van der Waals surface area contributed by atoms with Crippen LogP contribution in [-0.2, 0) is 0 Å². The second-order valence-corrected chi connectivity index (χ2v) is 5.04. The van der Waals surface area contributed by atoms with Crippen LogP contribution in [0.2, 0.25) is 0 Å². The summed E-state index contributed by atoms with van der Waals surface area (Å²) in [5.41, 5.74) is 6.11. The number of rotatable bonds is 3. The van der Waals surface area contributed by atoms with Crippen molar-refractivity contribution in [1.29, 1.82) is 0 Å². The molecular weight excluding hydrogens is 172 g/mol. The Hall–Kier alpha value is -0.0800. The molecule has 84 valence electrons. The number of hydrogen-bond donors (Lipinski definition) is 1. The quantitative estimate of drug-likeness (QED) is 0.753. The van der Waals surface area contributed by atoms with Gasteiger partial charge in [-0.15, -0.1) is 0 Å². The maximum absolute atomic E-state index is 6.11. The van der Waals surface area contributed by atoms with Gasteiger partial charge >= 0.3 is 0 Å². The molecule has 14 heavy (non-hydrogen) atoms. The topological polar surface area (TPSA) is 29.3 Å². The molecule has 1 aliphatic rings. The number of nitrogens with two attached hydrogens (primary N) is 1. The van der Waals surface area contributed by atoms with Crippen molar-refractivity contribution >= 4 is 0 Å². The second kappa shape index (κ2) is 5.13. The Bertz CT molecular complexity index is 170. The Labute approximate surface area is 88.8 Å². The van der Waals surface area contributed by atoms with Gasteiger partial charge in [-0.25, -0.2) is 0 Å². The van der Waals surface area contributed by atoms with E-state index in [1.54, 1.807) is 0 Å². The first-order chi connectivity index (χ1) is 6.56. The Morgan fingerprint density at radius 2 is 2.00 bits per heavy atom. The van der Waals surface area contributed by atoms with E-state index in [1.165, 1.54) is 19.4 Å². The maximum atomic E-state index is 6.11. The van der Waals surface area contributed by atoms with E-state index in [2.05, 4.69) is 32.6 Å². The largest absolute Gasteiger partial charge is 0.326 e. The van der Waals surface area contributed by atoms with E-state index in [0.29, 0.717) is 12.1 Å². The molecule has 0 bridgehead atoms. The third kappa shape index (κ3) is 2.71. The molecule has 1 saturated heterocycles. The van der Waals surface area contributed by atoms with Crippen LogP contribution in [0.3, 0.4) is 0 Å². The molecule has 1 fully saturated rings. The highest BCUT2D eigenvalue weighted by Crippen LogP contribution is 2.24. The summed E-state index contributed by atoms with van der Waals surface area (Å²) < 4.78 is 0. The molecule has 0 radical (unpaired) electrons. The summed E-state index contributed by atoms with van der Waals surface area (Å²) in [5.74, 6) is 0.845. The van der Waals surface area contributed by atoms with Gasteiger partial charge in [-0.3, -0.25) is 4.90 Å². The lowest BCUT2D eigenvalue weighted by Gasteiger charge is -2.42. The molecule has 1 aliphatic heterocycles. The molecular formula is C12H26N2. The van der Waals surface area contributed by atoms with Crippen LogP contribution >= 0.6 is 0 Å². The van der Waals surface area contributed by atoms with Gasteiger partial charge in [-0.05, 0) is 39.0 Å². The van der Waals surface area contributed by atoms with Crippen LogP contribution in [0, 0.1) is 5.92 Å². The van der Waals surface area contributed by atoms with Gasteiger partial charge in [0.25, 0.3) is 0 Å². The molecule has 4 unspecified atom stereocenters. The molecule has 1 rings (SSSR count). The Kier molecular flexibility index (Phi) is 4.39. The molecule has 0 aliphatic carbocycles. The van der Waals surface area contributed by atoms with Gasteiger partial charge in [0.05, 0.1) is 0 Å². The lowest BCUT2D eigenvalue weighted by molar-refractivity contribution is 0.0717. The van der Waals surface area contributed by atoms with Crippen molar-refractivity contribution in [3.05, 3.63) is 0 Å². The third-order valence-electron chi connectivity index (χ3n) is 3.78. The fraction of sp³-hybridized carbons (Fsp3) is 1.00. The minimum atomic E-state index is 0.336. The van der Waals surface area contributed by atoms with Crippen LogP contribution in [0.5, 0.6) is 0 Å². The minimum Gasteiger partial charge on any atom is -0.326 e. The van der Waals surface area contributed by atoms with Crippen LogP contribution in [0.1, 0.15) is 47.0 Å². The molecule has 0 saturated carbocycles. The van der Waals surface area contributed by atoms with E-state index in [1.807, 2.05) is 0 Å². The van der Waals surface area contributed by atoms with Crippen molar-refractivity contribution in [3.63, 3.8) is 0 Å². The van der Waals surface area contributed by atoms with Gasteiger partial charge in [0.2, 0.25) is 0 Å². The lowest BCUT2D eigenvalue weighted by atomic mass is 9.92. The van der Waals surface area contributed by atoms with Gasteiger partial charge in [0, 0.05) is 24.7 Å². The molecule has 0 aromatic heterocycles. The van der Waals surface area contributed by atoms with Gasteiger partial charge in [0.1, 0.15) is 0 Å². The van der Waals surface area contributed by atoms with Crippen molar-refractivity contribution < 1.29 is 0 Å². The van der Waals surface area contributed by atoms with E-state index in [9.17, 15) is 0 Å². The zero-order valence-electron chi connectivity index (χ0n) is 10.2. The number of likely N-dealkylation sites (tertiary alicyclic amines) is 1. The van der Waals surface area contributed by atoms with Gasteiger partial charge in [-0.1, -0.05) is 13.8 Å². The summed E-state index contributed by atoms with van der Waals surface area (Å²) in [6.45, 7) is 10.4. The highest BCUT2D eigenvalue weighted by molar-refractivity contribution is 4.85. The molecule has 1 heterocycles. The summed E-state index contributed by atoms with van der Waals surface area (Å²) in [6, 6.07) is 1.60. The van der Waals surface area contributed by atoms with Crippen LogP contribution < -0.4 is 5.73 Å². The van der Waals surface area contributed by atoms with Gasteiger partial charge in [0.15, 0.2) is 0 Å². The standard InChI is InChI=1S/C12H26N2/c1-5-12(13)11(4)14-8-9(2)6-7-10(14)3/h9-12H,5-8,13H2,1-4H3.